The Morgan fingerprint density at radius 1 is 1.00 bits per heavy atom. The molecule has 3 aromatic heterocycles. The second-order valence-corrected chi connectivity index (χ2v) is 7.93. The summed E-state index contributed by atoms with van der Waals surface area (Å²) in [5, 5.41) is 9.93. The second kappa shape index (κ2) is 8.46. The van der Waals surface area contributed by atoms with E-state index >= 15 is 0 Å². The Morgan fingerprint density at radius 2 is 1.76 bits per heavy atom. The van der Waals surface area contributed by atoms with Crippen LogP contribution in [0.1, 0.15) is 23.7 Å². The summed E-state index contributed by atoms with van der Waals surface area (Å²) in [7, 11) is 0. The van der Waals surface area contributed by atoms with Gasteiger partial charge in [0.05, 0.1) is 17.3 Å². The zero-order chi connectivity index (χ0) is 22.9. The van der Waals surface area contributed by atoms with Gasteiger partial charge >= 0.3 is 0 Å². The summed E-state index contributed by atoms with van der Waals surface area (Å²) >= 11 is 0. The highest BCUT2D eigenvalue weighted by Gasteiger charge is 2.17. The summed E-state index contributed by atoms with van der Waals surface area (Å²) in [5.41, 5.74) is 3.24. The number of para-hydroxylation sites is 1. The molecule has 0 atom stereocenters. The summed E-state index contributed by atoms with van der Waals surface area (Å²) in [6, 6.07) is 15.4. The molecule has 0 unspecified atom stereocenters. The molecule has 8 heteroatoms. The molecule has 5 aromatic rings. The Labute approximate surface area is 189 Å². The van der Waals surface area contributed by atoms with Crippen molar-refractivity contribution in [2.24, 2.45) is 0 Å². The third-order valence-electron chi connectivity index (χ3n) is 5.88. The van der Waals surface area contributed by atoms with Gasteiger partial charge in [0, 0.05) is 35.3 Å². The Kier molecular flexibility index (Phi) is 5.34. The lowest BCUT2D eigenvalue weighted by molar-refractivity contribution is 0.372. The zero-order valence-corrected chi connectivity index (χ0v) is 18.3. The SMILES string of the molecule is Cc1c2cnn(-c3ccccc3)c(=O)c2c(C)n1CCCc1nc(-c2ccc(F)cc2)no1. The van der Waals surface area contributed by atoms with Gasteiger partial charge in [-0.2, -0.15) is 14.8 Å². The van der Waals surface area contributed by atoms with Crippen LogP contribution in [0.15, 0.2) is 70.1 Å². The summed E-state index contributed by atoms with van der Waals surface area (Å²) in [6.07, 6.45) is 3.11. The van der Waals surface area contributed by atoms with Crippen LogP contribution in [0.2, 0.25) is 0 Å². The number of hydrogen-bond donors (Lipinski definition) is 0. The van der Waals surface area contributed by atoms with Crippen LogP contribution in [0.25, 0.3) is 27.8 Å². The molecule has 0 fully saturated rings. The van der Waals surface area contributed by atoms with Gasteiger partial charge in [0.2, 0.25) is 11.7 Å². The normalized spacial score (nSPS) is 11.4. The molecule has 2 aromatic carbocycles. The van der Waals surface area contributed by atoms with Gasteiger partial charge in [-0.05, 0) is 56.7 Å². The number of fused-ring (bicyclic) bond motifs is 1. The zero-order valence-electron chi connectivity index (χ0n) is 18.3. The van der Waals surface area contributed by atoms with Crippen LogP contribution in [0.5, 0.6) is 0 Å². The lowest BCUT2D eigenvalue weighted by Gasteiger charge is -2.07. The number of aromatic nitrogens is 5. The van der Waals surface area contributed by atoms with Crippen molar-refractivity contribution >= 4 is 10.8 Å². The minimum atomic E-state index is -0.307. The highest BCUT2D eigenvalue weighted by Crippen LogP contribution is 2.23. The maximum Gasteiger partial charge on any atom is 0.281 e. The Balaban J connectivity index is 1.36. The van der Waals surface area contributed by atoms with Crippen LogP contribution in [0.4, 0.5) is 4.39 Å². The van der Waals surface area contributed by atoms with Gasteiger partial charge in [0.25, 0.3) is 5.56 Å². The molecule has 0 saturated heterocycles. The summed E-state index contributed by atoms with van der Waals surface area (Å²) in [4.78, 5) is 17.6. The highest BCUT2D eigenvalue weighted by molar-refractivity contribution is 5.87. The van der Waals surface area contributed by atoms with E-state index in [-0.39, 0.29) is 11.4 Å². The van der Waals surface area contributed by atoms with Gasteiger partial charge in [-0.25, -0.2) is 4.39 Å². The molecule has 0 bridgehead atoms. The van der Waals surface area contributed by atoms with Crippen LogP contribution < -0.4 is 5.56 Å². The van der Waals surface area contributed by atoms with E-state index in [2.05, 4.69) is 19.8 Å². The van der Waals surface area contributed by atoms with Gasteiger partial charge < -0.3 is 9.09 Å². The number of aryl methyl sites for hydroxylation is 3. The van der Waals surface area contributed by atoms with Gasteiger partial charge in [-0.15, -0.1) is 0 Å². The standard InChI is InChI=1S/C25H22FN5O2/c1-16-21-15-27-31(20-7-4-3-5-8-20)25(32)23(21)17(2)30(16)14-6-9-22-28-24(29-33-22)18-10-12-19(26)13-11-18/h3-5,7-8,10-13,15H,6,9,14H2,1-2H3. The van der Waals surface area contributed by atoms with E-state index in [0.29, 0.717) is 35.6 Å². The fourth-order valence-corrected chi connectivity index (χ4v) is 4.16. The molecule has 0 spiro atoms. The molecular weight excluding hydrogens is 421 g/mol. The maximum atomic E-state index is 13.2. The molecule has 0 aliphatic heterocycles. The highest BCUT2D eigenvalue weighted by atomic mass is 19.1. The molecule has 5 rings (SSSR count). The minimum absolute atomic E-state index is 0.126. The number of hydrogen-bond acceptors (Lipinski definition) is 5. The van der Waals surface area contributed by atoms with E-state index in [9.17, 15) is 9.18 Å². The molecule has 3 heterocycles. The van der Waals surface area contributed by atoms with Crippen LogP contribution in [0, 0.1) is 19.7 Å². The van der Waals surface area contributed by atoms with Crippen LogP contribution in [-0.2, 0) is 13.0 Å². The number of benzene rings is 2. The fourth-order valence-electron chi connectivity index (χ4n) is 4.16. The average molecular weight is 443 g/mol. The molecule has 0 amide bonds. The predicted octanol–water partition coefficient (Wildman–Crippen LogP) is 4.63. The van der Waals surface area contributed by atoms with E-state index in [0.717, 1.165) is 28.9 Å². The first-order chi connectivity index (χ1) is 16.0. The summed E-state index contributed by atoms with van der Waals surface area (Å²) in [6.45, 7) is 4.67. The van der Waals surface area contributed by atoms with E-state index in [4.69, 9.17) is 4.52 Å². The molecule has 0 saturated carbocycles. The third kappa shape index (κ3) is 3.84. The number of rotatable bonds is 6. The topological polar surface area (TPSA) is 78.7 Å². The molecule has 0 aliphatic rings. The third-order valence-corrected chi connectivity index (χ3v) is 5.88. The average Bonchev–Trinajstić information content (AvgIpc) is 3.39. The van der Waals surface area contributed by atoms with Crippen molar-refractivity contribution in [1.82, 2.24) is 24.5 Å². The Hall–Kier alpha value is -4.07. The largest absolute Gasteiger partial charge is 0.348 e. The van der Waals surface area contributed by atoms with Crippen molar-refractivity contribution < 1.29 is 8.91 Å². The monoisotopic (exact) mass is 443 g/mol. The van der Waals surface area contributed by atoms with Crippen molar-refractivity contribution in [2.75, 3.05) is 0 Å². The molecule has 7 nitrogen and oxygen atoms in total. The van der Waals surface area contributed by atoms with Crippen LogP contribution >= 0.6 is 0 Å². The quantitative estimate of drug-likeness (QED) is 0.382. The molecule has 33 heavy (non-hydrogen) atoms. The first kappa shape index (κ1) is 20.8. The summed E-state index contributed by atoms with van der Waals surface area (Å²) in [5.74, 6) is 0.657. The van der Waals surface area contributed by atoms with E-state index in [1.807, 2.05) is 44.2 Å². The fraction of sp³-hybridized carbons (Fsp3) is 0.200. The van der Waals surface area contributed by atoms with Gasteiger partial charge in [-0.3, -0.25) is 4.79 Å². The lowest BCUT2D eigenvalue weighted by Crippen LogP contribution is -2.21. The van der Waals surface area contributed by atoms with Crippen molar-refractivity contribution in [2.45, 2.75) is 33.2 Å². The van der Waals surface area contributed by atoms with Crippen LogP contribution in [-0.4, -0.2) is 24.5 Å². The van der Waals surface area contributed by atoms with Crippen molar-refractivity contribution in [3.05, 3.63) is 94.2 Å². The number of nitrogens with zero attached hydrogens (tertiary/aromatic N) is 5. The van der Waals surface area contributed by atoms with Gasteiger partial charge in [0.1, 0.15) is 5.82 Å². The Morgan fingerprint density at radius 3 is 2.52 bits per heavy atom. The van der Waals surface area contributed by atoms with Crippen molar-refractivity contribution in [3.8, 4) is 17.1 Å². The Bertz CT molecular complexity index is 1480. The van der Waals surface area contributed by atoms with Crippen LogP contribution in [0.3, 0.4) is 0 Å². The van der Waals surface area contributed by atoms with E-state index < -0.39 is 0 Å². The smallest absolute Gasteiger partial charge is 0.281 e. The van der Waals surface area contributed by atoms with Gasteiger partial charge in [-0.1, -0.05) is 23.4 Å². The minimum Gasteiger partial charge on any atom is -0.348 e. The van der Waals surface area contributed by atoms with Crippen molar-refractivity contribution in [1.29, 1.82) is 0 Å². The molecular formula is C25H22FN5O2. The van der Waals surface area contributed by atoms with E-state index in [1.165, 1.54) is 16.8 Å². The second-order valence-electron chi connectivity index (χ2n) is 7.93. The summed E-state index contributed by atoms with van der Waals surface area (Å²) < 4.78 is 22.1. The molecule has 0 N–H and O–H groups in total. The van der Waals surface area contributed by atoms with E-state index in [1.54, 1.807) is 18.3 Å². The molecule has 0 radical (unpaired) electrons. The maximum absolute atomic E-state index is 13.2. The first-order valence-electron chi connectivity index (χ1n) is 10.7. The van der Waals surface area contributed by atoms with Gasteiger partial charge in [0.15, 0.2) is 0 Å². The molecule has 0 aliphatic carbocycles. The predicted molar refractivity (Wildman–Crippen MR) is 123 cm³/mol. The first-order valence-corrected chi connectivity index (χ1v) is 10.7. The van der Waals surface area contributed by atoms with Crippen molar-refractivity contribution in [3.63, 3.8) is 0 Å². The molecule has 166 valence electrons. The lowest BCUT2D eigenvalue weighted by atomic mass is 10.2. The number of halogens is 1.